The molecule has 5 heteroatoms. The first kappa shape index (κ1) is 9.84. The maximum atomic E-state index is 11.5. The van der Waals surface area contributed by atoms with Gasteiger partial charge in [-0.3, -0.25) is 4.79 Å². The Bertz CT molecular complexity index is 584. The highest BCUT2D eigenvalue weighted by atomic mass is 79.9. The maximum Gasteiger partial charge on any atom is 0.251 e. The van der Waals surface area contributed by atoms with Gasteiger partial charge in [0.15, 0.2) is 16.3 Å². The number of H-pyrrole nitrogens is 1. The van der Waals surface area contributed by atoms with E-state index >= 15 is 0 Å². The molecule has 0 aliphatic heterocycles. The second-order valence-corrected chi connectivity index (χ2v) is 4.68. The second-order valence-electron chi connectivity index (χ2n) is 3.90. The molecule has 0 radical (unpaired) electrons. The number of nitrogens with zero attached hydrogens (tertiary/aromatic N) is 1. The van der Waals surface area contributed by atoms with Gasteiger partial charge in [0.2, 0.25) is 0 Å². The lowest BCUT2D eigenvalue weighted by Crippen LogP contribution is -2.09. The first-order chi connectivity index (χ1) is 7.72. The van der Waals surface area contributed by atoms with Crippen LogP contribution in [-0.2, 0) is 0 Å². The highest BCUT2D eigenvalue weighted by Gasteiger charge is 2.26. The lowest BCUT2D eigenvalue weighted by Gasteiger charge is -1.99. The van der Waals surface area contributed by atoms with Gasteiger partial charge in [0.25, 0.3) is 5.56 Å². The van der Waals surface area contributed by atoms with Crippen LogP contribution in [0.4, 0.5) is 0 Å². The molecule has 2 aromatic rings. The number of rotatable bonds is 2. The summed E-state index contributed by atoms with van der Waals surface area (Å²) in [5.74, 6) is 1.53. The predicted octanol–water partition coefficient (Wildman–Crippen LogP) is 2.67. The Morgan fingerprint density at radius 3 is 2.88 bits per heavy atom. The van der Waals surface area contributed by atoms with Gasteiger partial charge < -0.3 is 9.40 Å². The van der Waals surface area contributed by atoms with Crippen molar-refractivity contribution in [1.82, 2.24) is 9.97 Å². The van der Waals surface area contributed by atoms with Crippen LogP contribution in [0, 0.1) is 0 Å². The van der Waals surface area contributed by atoms with E-state index in [2.05, 4.69) is 25.9 Å². The molecule has 1 N–H and O–H groups in total. The third-order valence-corrected chi connectivity index (χ3v) is 2.99. The first-order valence-electron chi connectivity index (χ1n) is 5.09. The minimum atomic E-state index is -0.126. The van der Waals surface area contributed by atoms with Crippen molar-refractivity contribution in [3.8, 4) is 11.6 Å². The number of furan rings is 1. The van der Waals surface area contributed by atoms with Crippen molar-refractivity contribution in [3.63, 3.8) is 0 Å². The SMILES string of the molecule is O=c1cc(C2CC2)nc(-c2ccc(Br)o2)[nH]1. The topological polar surface area (TPSA) is 58.9 Å². The second kappa shape index (κ2) is 3.59. The van der Waals surface area contributed by atoms with Crippen molar-refractivity contribution in [2.75, 3.05) is 0 Å². The maximum absolute atomic E-state index is 11.5. The van der Waals surface area contributed by atoms with Crippen molar-refractivity contribution in [2.45, 2.75) is 18.8 Å². The van der Waals surface area contributed by atoms with Crippen LogP contribution in [0.25, 0.3) is 11.6 Å². The summed E-state index contributed by atoms with van der Waals surface area (Å²) in [4.78, 5) is 18.6. The van der Waals surface area contributed by atoms with E-state index in [1.54, 1.807) is 18.2 Å². The van der Waals surface area contributed by atoms with Crippen molar-refractivity contribution < 1.29 is 4.42 Å². The fourth-order valence-corrected chi connectivity index (χ4v) is 1.93. The van der Waals surface area contributed by atoms with Crippen molar-refractivity contribution in [1.29, 1.82) is 0 Å². The summed E-state index contributed by atoms with van der Waals surface area (Å²) in [7, 11) is 0. The van der Waals surface area contributed by atoms with Crippen LogP contribution in [-0.4, -0.2) is 9.97 Å². The van der Waals surface area contributed by atoms with Crippen LogP contribution >= 0.6 is 15.9 Å². The van der Waals surface area contributed by atoms with Gasteiger partial charge in [0.1, 0.15) is 0 Å². The molecule has 0 unspecified atom stereocenters. The summed E-state index contributed by atoms with van der Waals surface area (Å²) in [5.41, 5.74) is 0.741. The molecule has 0 atom stereocenters. The molecule has 2 aromatic heterocycles. The molecule has 16 heavy (non-hydrogen) atoms. The molecule has 1 fully saturated rings. The number of hydrogen-bond donors (Lipinski definition) is 1. The molecule has 1 aliphatic carbocycles. The zero-order chi connectivity index (χ0) is 11.1. The van der Waals surface area contributed by atoms with E-state index in [4.69, 9.17) is 4.42 Å². The Morgan fingerprint density at radius 1 is 1.44 bits per heavy atom. The van der Waals surface area contributed by atoms with Gasteiger partial charge >= 0.3 is 0 Å². The van der Waals surface area contributed by atoms with Gasteiger partial charge in [-0.2, -0.15) is 0 Å². The average molecular weight is 281 g/mol. The predicted molar refractivity (Wildman–Crippen MR) is 62.2 cm³/mol. The van der Waals surface area contributed by atoms with E-state index in [1.165, 1.54) is 0 Å². The number of aromatic nitrogens is 2. The molecule has 1 aliphatic rings. The zero-order valence-corrected chi connectivity index (χ0v) is 9.95. The fourth-order valence-electron chi connectivity index (χ4n) is 1.62. The molecule has 0 amide bonds. The monoisotopic (exact) mass is 280 g/mol. The van der Waals surface area contributed by atoms with E-state index in [-0.39, 0.29) is 5.56 Å². The number of hydrogen-bond acceptors (Lipinski definition) is 3. The fraction of sp³-hybridized carbons (Fsp3) is 0.273. The number of nitrogens with one attached hydrogen (secondary N) is 1. The zero-order valence-electron chi connectivity index (χ0n) is 8.37. The van der Waals surface area contributed by atoms with Gasteiger partial charge in [0, 0.05) is 12.0 Å². The summed E-state index contributed by atoms with van der Waals surface area (Å²) < 4.78 is 5.99. The Kier molecular flexibility index (Phi) is 2.21. The van der Waals surface area contributed by atoms with Crippen LogP contribution in [0.5, 0.6) is 0 Å². The van der Waals surface area contributed by atoms with Gasteiger partial charge in [-0.1, -0.05) is 0 Å². The summed E-state index contributed by atoms with van der Waals surface area (Å²) in [5, 5.41) is 0. The minimum absolute atomic E-state index is 0.126. The molecular weight excluding hydrogens is 272 g/mol. The molecule has 2 heterocycles. The Morgan fingerprint density at radius 2 is 2.25 bits per heavy atom. The lowest BCUT2D eigenvalue weighted by atomic mass is 10.3. The minimum Gasteiger partial charge on any atom is -0.446 e. The molecule has 4 nitrogen and oxygen atoms in total. The Hall–Kier alpha value is -1.36. The van der Waals surface area contributed by atoms with Crippen molar-refractivity contribution >= 4 is 15.9 Å². The van der Waals surface area contributed by atoms with Crippen LogP contribution in [0.2, 0.25) is 0 Å². The third kappa shape index (κ3) is 1.82. The highest BCUT2D eigenvalue weighted by molar-refractivity contribution is 9.10. The van der Waals surface area contributed by atoms with E-state index in [0.29, 0.717) is 22.2 Å². The van der Waals surface area contributed by atoms with E-state index in [1.807, 2.05) is 0 Å². The summed E-state index contributed by atoms with van der Waals surface area (Å²) in [6, 6.07) is 5.12. The highest BCUT2D eigenvalue weighted by Crippen LogP contribution is 2.38. The largest absolute Gasteiger partial charge is 0.446 e. The molecule has 0 saturated heterocycles. The van der Waals surface area contributed by atoms with Gasteiger partial charge in [0.05, 0.1) is 5.69 Å². The average Bonchev–Trinajstić information content (AvgIpc) is 3.01. The summed E-state index contributed by atoms with van der Waals surface area (Å²) >= 11 is 3.22. The summed E-state index contributed by atoms with van der Waals surface area (Å²) in [6.07, 6.45) is 2.25. The Balaban J connectivity index is 2.09. The van der Waals surface area contributed by atoms with Gasteiger partial charge in [-0.15, -0.1) is 0 Å². The molecule has 1 saturated carbocycles. The van der Waals surface area contributed by atoms with Crippen molar-refractivity contribution in [2.24, 2.45) is 0 Å². The first-order valence-corrected chi connectivity index (χ1v) is 5.88. The molecule has 82 valence electrons. The molecule has 0 spiro atoms. The molecular formula is C11H9BrN2O2. The molecule has 0 bridgehead atoms. The molecule has 3 rings (SSSR count). The van der Waals surface area contributed by atoms with E-state index < -0.39 is 0 Å². The lowest BCUT2D eigenvalue weighted by molar-refractivity contribution is 0.550. The van der Waals surface area contributed by atoms with Gasteiger partial charge in [-0.05, 0) is 40.9 Å². The summed E-state index contributed by atoms with van der Waals surface area (Å²) in [6.45, 7) is 0. The number of halogens is 1. The standard InChI is InChI=1S/C11H9BrN2O2/c12-9-4-3-8(16-9)11-13-7(6-1-2-6)5-10(15)14-11/h3-6H,1-2H2,(H,13,14,15). The van der Waals surface area contributed by atoms with Crippen molar-refractivity contribution in [3.05, 3.63) is 38.9 Å². The van der Waals surface area contributed by atoms with Crippen LogP contribution in [0.1, 0.15) is 24.5 Å². The molecule has 0 aromatic carbocycles. The van der Waals surface area contributed by atoms with E-state index in [0.717, 1.165) is 18.5 Å². The Labute approximate surface area is 99.8 Å². The quantitative estimate of drug-likeness (QED) is 0.920. The van der Waals surface area contributed by atoms with Crippen LogP contribution in [0.15, 0.2) is 32.1 Å². The van der Waals surface area contributed by atoms with Crippen LogP contribution < -0.4 is 5.56 Å². The smallest absolute Gasteiger partial charge is 0.251 e. The number of aromatic amines is 1. The third-order valence-electron chi connectivity index (χ3n) is 2.56. The van der Waals surface area contributed by atoms with Crippen LogP contribution in [0.3, 0.4) is 0 Å². The normalized spacial score (nSPS) is 15.3. The van der Waals surface area contributed by atoms with E-state index in [9.17, 15) is 4.79 Å². The van der Waals surface area contributed by atoms with Gasteiger partial charge in [-0.25, -0.2) is 4.98 Å².